The highest BCUT2D eigenvalue weighted by Crippen LogP contribution is 2.38. The first-order chi connectivity index (χ1) is 13.7. The molecule has 0 fully saturated rings. The molecule has 1 heterocycles. The second kappa shape index (κ2) is 7.67. The molecule has 0 unspecified atom stereocenters. The number of carbonyl (C=O) groups is 2. The van der Waals surface area contributed by atoms with Gasteiger partial charge in [0.2, 0.25) is 0 Å². The van der Waals surface area contributed by atoms with Gasteiger partial charge >= 0.3 is 6.18 Å². The van der Waals surface area contributed by atoms with E-state index in [-0.39, 0.29) is 22.8 Å². The molecule has 0 spiro atoms. The van der Waals surface area contributed by atoms with E-state index in [4.69, 9.17) is 21.1 Å². The van der Waals surface area contributed by atoms with E-state index >= 15 is 0 Å². The van der Waals surface area contributed by atoms with E-state index in [2.05, 4.69) is 5.32 Å². The van der Waals surface area contributed by atoms with E-state index in [9.17, 15) is 22.8 Å². The SMILES string of the molecule is COc1ccc(N2C(=O)C(Cl)=C(Nc3cccc(C(F)(F)F)c3)C2=O)c(OC)c1. The molecule has 1 N–H and O–H groups in total. The number of hydrogen-bond acceptors (Lipinski definition) is 5. The second-order valence-electron chi connectivity index (χ2n) is 5.88. The van der Waals surface area contributed by atoms with Gasteiger partial charge in [0.05, 0.1) is 25.5 Å². The van der Waals surface area contributed by atoms with Crippen LogP contribution in [0.15, 0.2) is 53.2 Å². The number of alkyl halides is 3. The molecule has 1 aliphatic heterocycles. The van der Waals surface area contributed by atoms with Gasteiger partial charge in [0.1, 0.15) is 22.2 Å². The van der Waals surface area contributed by atoms with Crippen LogP contribution < -0.4 is 19.7 Å². The third-order valence-electron chi connectivity index (χ3n) is 4.11. The van der Waals surface area contributed by atoms with Crippen molar-refractivity contribution in [3.8, 4) is 11.5 Å². The molecular weight excluding hydrogens is 413 g/mol. The van der Waals surface area contributed by atoms with E-state index in [1.54, 1.807) is 0 Å². The van der Waals surface area contributed by atoms with Crippen molar-refractivity contribution in [2.24, 2.45) is 0 Å². The lowest BCUT2D eigenvalue weighted by Gasteiger charge is -2.18. The number of rotatable bonds is 5. The number of imide groups is 1. The molecule has 2 amide bonds. The van der Waals surface area contributed by atoms with Crippen LogP contribution in [-0.4, -0.2) is 26.0 Å². The highest BCUT2D eigenvalue weighted by molar-refractivity contribution is 6.53. The maximum Gasteiger partial charge on any atom is 0.416 e. The number of hydrogen-bond donors (Lipinski definition) is 1. The number of benzene rings is 2. The summed E-state index contributed by atoms with van der Waals surface area (Å²) in [6.45, 7) is 0. The van der Waals surface area contributed by atoms with Crippen LogP contribution in [0.1, 0.15) is 5.56 Å². The largest absolute Gasteiger partial charge is 0.497 e. The Morgan fingerprint density at radius 1 is 1.00 bits per heavy atom. The minimum atomic E-state index is -4.56. The van der Waals surface area contributed by atoms with Gasteiger partial charge in [-0.05, 0) is 30.3 Å². The molecule has 0 aromatic heterocycles. The lowest BCUT2D eigenvalue weighted by atomic mass is 10.2. The predicted molar refractivity (Wildman–Crippen MR) is 100.0 cm³/mol. The first-order valence-corrected chi connectivity index (χ1v) is 8.50. The third kappa shape index (κ3) is 3.86. The van der Waals surface area contributed by atoms with Crippen LogP contribution in [0, 0.1) is 0 Å². The number of methoxy groups -OCH3 is 2. The Morgan fingerprint density at radius 3 is 2.34 bits per heavy atom. The van der Waals surface area contributed by atoms with Gasteiger partial charge in [-0.1, -0.05) is 17.7 Å². The summed E-state index contributed by atoms with van der Waals surface area (Å²) in [6, 6.07) is 8.62. The number of anilines is 2. The molecule has 0 radical (unpaired) electrons. The Kier molecular flexibility index (Phi) is 5.43. The molecule has 2 aromatic rings. The normalized spacial score (nSPS) is 14.5. The average Bonchev–Trinajstić information content (AvgIpc) is 2.90. The maximum atomic E-state index is 12.9. The lowest BCUT2D eigenvalue weighted by molar-refractivity contribution is -0.137. The molecule has 29 heavy (non-hydrogen) atoms. The van der Waals surface area contributed by atoms with E-state index in [0.717, 1.165) is 17.0 Å². The van der Waals surface area contributed by atoms with Crippen molar-refractivity contribution in [2.45, 2.75) is 6.18 Å². The summed E-state index contributed by atoms with van der Waals surface area (Å²) in [5, 5.41) is 2.06. The fourth-order valence-corrected chi connectivity index (χ4v) is 2.93. The fourth-order valence-electron chi connectivity index (χ4n) is 2.72. The number of nitrogens with one attached hydrogen (secondary N) is 1. The van der Waals surface area contributed by atoms with Crippen LogP contribution in [0.25, 0.3) is 0 Å². The molecule has 0 saturated heterocycles. The molecular formula is C19H14ClF3N2O4. The number of nitrogens with zero attached hydrogens (tertiary/aromatic N) is 1. The first-order valence-electron chi connectivity index (χ1n) is 8.12. The topological polar surface area (TPSA) is 67.9 Å². The Balaban J connectivity index is 1.94. The van der Waals surface area contributed by atoms with Gasteiger partial charge in [-0.25, -0.2) is 4.90 Å². The van der Waals surface area contributed by atoms with E-state index in [0.29, 0.717) is 5.75 Å². The Labute approximate surface area is 168 Å². The molecule has 6 nitrogen and oxygen atoms in total. The zero-order chi connectivity index (χ0) is 21.3. The van der Waals surface area contributed by atoms with Gasteiger partial charge in [-0.2, -0.15) is 13.2 Å². The maximum absolute atomic E-state index is 12.9. The van der Waals surface area contributed by atoms with Crippen molar-refractivity contribution in [2.75, 3.05) is 24.4 Å². The average molecular weight is 427 g/mol. The summed E-state index contributed by atoms with van der Waals surface area (Å²) in [5.41, 5.74) is -1.18. The molecule has 3 rings (SSSR count). The third-order valence-corrected chi connectivity index (χ3v) is 4.46. The fraction of sp³-hybridized carbons (Fsp3) is 0.158. The molecule has 152 valence electrons. The van der Waals surface area contributed by atoms with Gasteiger partial charge in [0.15, 0.2) is 0 Å². The van der Waals surface area contributed by atoms with Crippen LogP contribution in [0.5, 0.6) is 11.5 Å². The lowest BCUT2D eigenvalue weighted by Crippen LogP contribution is -2.32. The number of halogens is 4. The molecule has 1 aliphatic rings. The van der Waals surface area contributed by atoms with Gasteiger partial charge in [-0.15, -0.1) is 0 Å². The molecule has 0 aliphatic carbocycles. The summed E-state index contributed by atoms with van der Waals surface area (Å²) in [6.07, 6.45) is -4.56. The zero-order valence-electron chi connectivity index (χ0n) is 15.1. The quantitative estimate of drug-likeness (QED) is 0.727. The van der Waals surface area contributed by atoms with Crippen molar-refractivity contribution >= 4 is 34.8 Å². The van der Waals surface area contributed by atoms with E-state index in [1.165, 1.54) is 44.6 Å². The molecule has 2 aromatic carbocycles. The Hall–Kier alpha value is -3.20. The van der Waals surface area contributed by atoms with Crippen LogP contribution in [0.2, 0.25) is 0 Å². The van der Waals surface area contributed by atoms with Crippen LogP contribution >= 0.6 is 11.6 Å². The van der Waals surface area contributed by atoms with Gasteiger partial charge in [-0.3, -0.25) is 9.59 Å². The van der Waals surface area contributed by atoms with Crippen LogP contribution in [-0.2, 0) is 15.8 Å². The van der Waals surface area contributed by atoms with Crippen molar-refractivity contribution in [3.05, 3.63) is 58.8 Å². The van der Waals surface area contributed by atoms with E-state index < -0.39 is 28.6 Å². The summed E-state index contributed by atoms with van der Waals surface area (Å²) in [5.74, 6) is -1.06. The summed E-state index contributed by atoms with van der Waals surface area (Å²) < 4.78 is 49.0. The molecule has 0 atom stereocenters. The summed E-state index contributed by atoms with van der Waals surface area (Å²) >= 11 is 6.02. The number of carbonyl (C=O) groups excluding carboxylic acids is 2. The Bertz CT molecular complexity index is 1020. The van der Waals surface area contributed by atoms with Gasteiger partial charge in [0, 0.05) is 11.8 Å². The van der Waals surface area contributed by atoms with Crippen LogP contribution in [0.3, 0.4) is 0 Å². The van der Waals surface area contributed by atoms with Crippen LogP contribution in [0.4, 0.5) is 24.5 Å². The molecule has 0 bridgehead atoms. The molecule has 10 heteroatoms. The van der Waals surface area contributed by atoms with Gasteiger partial charge < -0.3 is 14.8 Å². The minimum Gasteiger partial charge on any atom is -0.497 e. The zero-order valence-corrected chi connectivity index (χ0v) is 15.9. The number of amides is 2. The summed E-state index contributed by atoms with van der Waals surface area (Å²) in [7, 11) is 2.79. The van der Waals surface area contributed by atoms with Gasteiger partial charge in [0.25, 0.3) is 11.8 Å². The first kappa shape index (κ1) is 20.5. The standard InChI is InChI=1S/C19H14ClF3N2O4/c1-28-12-6-7-13(14(9-12)29-2)25-17(26)15(20)16(18(25)27)24-11-5-3-4-10(8-11)19(21,22)23/h3-9,24H,1-2H3. The second-order valence-corrected chi connectivity index (χ2v) is 6.25. The molecule has 0 saturated carbocycles. The predicted octanol–water partition coefficient (Wildman–Crippen LogP) is 4.16. The summed E-state index contributed by atoms with van der Waals surface area (Å²) in [4.78, 5) is 26.2. The van der Waals surface area contributed by atoms with Crippen molar-refractivity contribution in [1.29, 1.82) is 0 Å². The smallest absolute Gasteiger partial charge is 0.416 e. The highest BCUT2D eigenvalue weighted by atomic mass is 35.5. The monoisotopic (exact) mass is 426 g/mol. The minimum absolute atomic E-state index is 0.0438. The van der Waals surface area contributed by atoms with E-state index in [1.807, 2.05) is 0 Å². The van der Waals surface area contributed by atoms with Crippen molar-refractivity contribution in [1.82, 2.24) is 0 Å². The van der Waals surface area contributed by atoms with Crippen molar-refractivity contribution in [3.63, 3.8) is 0 Å². The Morgan fingerprint density at radius 2 is 1.72 bits per heavy atom. The highest BCUT2D eigenvalue weighted by Gasteiger charge is 2.40. The van der Waals surface area contributed by atoms with Crippen molar-refractivity contribution < 1.29 is 32.2 Å². The number of ether oxygens (including phenoxy) is 2.